The van der Waals surface area contributed by atoms with Crippen molar-refractivity contribution in [2.24, 2.45) is 5.92 Å². The van der Waals surface area contributed by atoms with Crippen LogP contribution in [0, 0.1) is 5.92 Å². The predicted octanol–water partition coefficient (Wildman–Crippen LogP) is 2.96. The molecule has 1 saturated carbocycles. The fourth-order valence-corrected chi connectivity index (χ4v) is 2.19. The van der Waals surface area contributed by atoms with Crippen LogP contribution in [-0.2, 0) is 20.7 Å². The van der Waals surface area contributed by atoms with E-state index in [0.29, 0.717) is 18.9 Å². The lowest BCUT2D eigenvalue weighted by Crippen LogP contribution is -2.29. The average molecular weight is 313 g/mol. The fourth-order valence-electron chi connectivity index (χ4n) is 1.74. The van der Waals surface area contributed by atoms with E-state index in [1.165, 1.54) is 20.0 Å². The van der Waals surface area contributed by atoms with Gasteiger partial charge in [0.15, 0.2) is 6.10 Å². The van der Waals surface area contributed by atoms with Crippen LogP contribution >= 0.6 is 15.9 Å². The highest BCUT2D eigenvalue weighted by molar-refractivity contribution is 9.10. The second-order valence-corrected chi connectivity index (χ2v) is 5.44. The first-order valence-corrected chi connectivity index (χ1v) is 6.93. The molecule has 0 radical (unpaired) electrons. The number of methoxy groups -OCH3 is 1. The van der Waals surface area contributed by atoms with Crippen molar-refractivity contribution in [1.29, 1.82) is 0 Å². The third-order valence-corrected chi connectivity index (χ3v) is 3.83. The molecular weight excluding hydrogens is 296 g/mol. The van der Waals surface area contributed by atoms with Crippen LogP contribution in [0.3, 0.4) is 0 Å². The lowest BCUT2D eigenvalue weighted by Gasteiger charge is -2.16. The van der Waals surface area contributed by atoms with E-state index >= 15 is 0 Å². The summed E-state index contributed by atoms with van der Waals surface area (Å²) >= 11 is 3.48. The number of ether oxygens (including phenoxy) is 2. The summed E-state index contributed by atoms with van der Waals surface area (Å²) in [4.78, 5) is 11.7. The van der Waals surface area contributed by atoms with E-state index in [0.717, 1.165) is 10.0 Å². The molecule has 0 heterocycles. The van der Waals surface area contributed by atoms with Gasteiger partial charge in [-0.3, -0.25) is 0 Å². The molecule has 1 aromatic rings. The Morgan fingerprint density at radius 1 is 1.44 bits per heavy atom. The topological polar surface area (TPSA) is 35.5 Å². The second kappa shape index (κ2) is 6.34. The van der Waals surface area contributed by atoms with E-state index in [-0.39, 0.29) is 5.97 Å². The van der Waals surface area contributed by atoms with Gasteiger partial charge in [-0.1, -0.05) is 34.1 Å². The molecule has 2 rings (SSSR count). The first kappa shape index (κ1) is 13.6. The van der Waals surface area contributed by atoms with Crippen LogP contribution in [-0.4, -0.2) is 25.8 Å². The molecule has 1 unspecified atom stereocenters. The fraction of sp³-hybridized carbons (Fsp3) is 0.500. The summed E-state index contributed by atoms with van der Waals surface area (Å²) in [6, 6.07) is 7.85. The first-order chi connectivity index (χ1) is 8.70. The summed E-state index contributed by atoms with van der Waals surface area (Å²) < 4.78 is 11.5. The Labute approximate surface area is 116 Å². The maximum Gasteiger partial charge on any atom is 0.335 e. The van der Waals surface area contributed by atoms with Crippen LogP contribution < -0.4 is 0 Å². The van der Waals surface area contributed by atoms with Gasteiger partial charge in [0.2, 0.25) is 0 Å². The van der Waals surface area contributed by atoms with Crippen LogP contribution in [0.15, 0.2) is 28.7 Å². The quantitative estimate of drug-likeness (QED) is 0.758. The van der Waals surface area contributed by atoms with Gasteiger partial charge in [0.1, 0.15) is 0 Å². The van der Waals surface area contributed by atoms with E-state index in [2.05, 4.69) is 15.9 Å². The number of esters is 1. The zero-order valence-electron chi connectivity index (χ0n) is 10.4. The Bertz CT molecular complexity index is 415. The number of carbonyl (C=O) groups is 1. The molecule has 0 amide bonds. The van der Waals surface area contributed by atoms with Crippen molar-refractivity contribution in [3.63, 3.8) is 0 Å². The van der Waals surface area contributed by atoms with Gasteiger partial charge in [-0.25, -0.2) is 4.79 Å². The Kier molecular flexibility index (Phi) is 4.78. The van der Waals surface area contributed by atoms with Crippen molar-refractivity contribution in [3.05, 3.63) is 34.3 Å². The molecule has 0 aromatic heterocycles. The third-order valence-electron chi connectivity index (χ3n) is 3.06. The van der Waals surface area contributed by atoms with Gasteiger partial charge >= 0.3 is 5.97 Å². The van der Waals surface area contributed by atoms with E-state index < -0.39 is 6.10 Å². The third kappa shape index (κ3) is 3.82. The average Bonchev–Trinajstić information content (AvgIpc) is 3.19. The van der Waals surface area contributed by atoms with E-state index in [1.54, 1.807) is 0 Å². The molecule has 18 heavy (non-hydrogen) atoms. The molecule has 1 aliphatic rings. The molecule has 3 nitrogen and oxygen atoms in total. The van der Waals surface area contributed by atoms with Gasteiger partial charge < -0.3 is 9.47 Å². The Hall–Kier alpha value is -0.870. The van der Waals surface area contributed by atoms with Gasteiger partial charge in [0.05, 0.1) is 13.7 Å². The standard InChI is InChI=1S/C14H17BrO3/c1-17-14(16)13(18-9-10-6-7-10)8-11-4-2-3-5-12(11)15/h2-5,10,13H,6-9H2,1H3. The van der Waals surface area contributed by atoms with Crippen molar-refractivity contribution in [3.8, 4) is 0 Å². The van der Waals surface area contributed by atoms with Crippen LogP contribution in [0.25, 0.3) is 0 Å². The molecule has 1 atom stereocenters. The lowest BCUT2D eigenvalue weighted by atomic mass is 10.1. The van der Waals surface area contributed by atoms with Gasteiger partial charge in [-0.15, -0.1) is 0 Å². The van der Waals surface area contributed by atoms with Gasteiger partial charge in [0.25, 0.3) is 0 Å². The summed E-state index contributed by atoms with van der Waals surface area (Å²) in [5.74, 6) is 0.336. The molecule has 0 N–H and O–H groups in total. The second-order valence-electron chi connectivity index (χ2n) is 4.58. The zero-order valence-corrected chi connectivity index (χ0v) is 12.0. The molecule has 4 heteroatoms. The molecule has 0 bridgehead atoms. The van der Waals surface area contributed by atoms with Crippen molar-refractivity contribution < 1.29 is 14.3 Å². The summed E-state index contributed by atoms with van der Waals surface area (Å²) in [6.45, 7) is 0.657. The van der Waals surface area contributed by atoms with Crippen molar-refractivity contribution in [1.82, 2.24) is 0 Å². The van der Waals surface area contributed by atoms with Crippen molar-refractivity contribution in [2.45, 2.75) is 25.4 Å². The summed E-state index contributed by atoms with van der Waals surface area (Å²) in [5, 5.41) is 0. The Morgan fingerprint density at radius 3 is 2.78 bits per heavy atom. The normalized spacial score (nSPS) is 16.3. The number of halogens is 1. The number of hydrogen-bond donors (Lipinski definition) is 0. The Morgan fingerprint density at radius 2 is 2.17 bits per heavy atom. The van der Waals surface area contributed by atoms with E-state index in [1.807, 2.05) is 24.3 Å². The molecule has 1 aromatic carbocycles. The van der Waals surface area contributed by atoms with Crippen LogP contribution in [0.5, 0.6) is 0 Å². The van der Waals surface area contributed by atoms with Gasteiger partial charge in [-0.2, -0.15) is 0 Å². The lowest BCUT2D eigenvalue weighted by molar-refractivity contribution is -0.154. The minimum Gasteiger partial charge on any atom is -0.467 e. The number of hydrogen-bond acceptors (Lipinski definition) is 3. The molecule has 1 fully saturated rings. The van der Waals surface area contributed by atoms with Crippen molar-refractivity contribution >= 4 is 21.9 Å². The van der Waals surface area contributed by atoms with Gasteiger partial charge in [0, 0.05) is 10.9 Å². The molecule has 0 spiro atoms. The van der Waals surface area contributed by atoms with Crippen LogP contribution in [0.2, 0.25) is 0 Å². The van der Waals surface area contributed by atoms with Crippen molar-refractivity contribution in [2.75, 3.05) is 13.7 Å². The maximum atomic E-state index is 11.7. The zero-order chi connectivity index (χ0) is 13.0. The minimum absolute atomic E-state index is 0.300. The summed E-state index contributed by atoms with van der Waals surface area (Å²) in [7, 11) is 1.40. The smallest absolute Gasteiger partial charge is 0.335 e. The maximum absolute atomic E-state index is 11.7. The molecule has 0 saturated heterocycles. The largest absolute Gasteiger partial charge is 0.467 e. The number of carbonyl (C=O) groups excluding carboxylic acids is 1. The van der Waals surface area contributed by atoms with E-state index in [4.69, 9.17) is 9.47 Å². The van der Waals surface area contributed by atoms with Crippen LogP contribution in [0.1, 0.15) is 18.4 Å². The highest BCUT2D eigenvalue weighted by Gasteiger charge is 2.27. The van der Waals surface area contributed by atoms with Crippen LogP contribution in [0.4, 0.5) is 0 Å². The molecular formula is C14H17BrO3. The predicted molar refractivity (Wildman–Crippen MR) is 72.3 cm³/mol. The summed E-state index contributed by atoms with van der Waals surface area (Å²) in [5.41, 5.74) is 1.06. The highest BCUT2D eigenvalue weighted by atomic mass is 79.9. The monoisotopic (exact) mass is 312 g/mol. The first-order valence-electron chi connectivity index (χ1n) is 6.13. The highest BCUT2D eigenvalue weighted by Crippen LogP contribution is 2.29. The number of rotatable bonds is 6. The molecule has 0 aliphatic heterocycles. The minimum atomic E-state index is -0.505. The summed E-state index contributed by atoms with van der Waals surface area (Å²) in [6.07, 6.45) is 2.46. The van der Waals surface area contributed by atoms with Gasteiger partial charge in [-0.05, 0) is 30.4 Å². The SMILES string of the molecule is COC(=O)C(Cc1ccccc1Br)OCC1CC1. The van der Waals surface area contributed by atoms with E-state index in [9.17, 15) is 4.79 Å². The number of benzene rings is 1. The molecule has 1 aliphatic carbocycles. The Balaban J connectivity index is 1.99. The molecule has 98 valence electrons.